The second-order valence-corrected chi connectivity index (χ2v) is 8.73. The number of aliphatic hydroxyl groups is 3. The maximum atomic E-state index is 11.5. The van der Waals surface area contributed by atoms with Crippen molar-refractivity contribution < 1.29 is 24.9 Å². The molecule has 1 aromatic rings. The monoisotopic (exact) mass is 430 g/mol. The second kappa shape index (κ2) is 13.5. The van der Waals surface area contributed by atoms with E-state index in [2.05, 4.69) is 0 Å². The van der Waals surface area contributed by atoms with Gasteiger partial charge in [-0.1, -0.05) is 54.6 Å². The van der Waals surface area contributed by atoms with Gasteiger partial charge in [-0.05, 0) is 57.4 Å². The van der Waals surface area contributed by atoms with Crippen LogP contribution in [0.3, 0.4) is 0 Å². The molecule has 1 aliphatic rings. The van der Waals surface area contributed by atoms with Crippen LogP contribution in [0, 0.1) is 11.8 Å². The van der Waals surface area contributed by atoms with Crippen molar-refractivity contribution in [3.63, 3.8) is 0 Å². The summed E-state index contributed by atoms with van der Waals surface area (Å²) in [5.74, 6) is -0.421. The molecular weight excluding hydrogens is 392 g/mol. The average Bonchev–Trinajstić information content (AvgIpc) is 3.00. The lowest BCUT2D eigenvalue weighted by atomic mass is 9.89. The van der Waals surface area contributed by atoms with Gasteiger partial charge in [-0.3, -0.25) is 4.79 Å². The van der Waals surface area contributed by atoms with Crippen LogP contribution in [0.4, 0.5) is 0 Å². The van der Waals surface area contributed by atoms with E-state index in [4.69, 9.17) is 4.74 Å². The van der Waals surface area contributed by atoms with Crippen molar-refractivity contribution in [2.45, 2.75) is 83.2 Å². The molecule has 2 rings (SSSR count). The molecule has 5 nitrogen and oxygen atoms in total. The lowest BCUT2D eigenvalue weighted by Crippen LogP contribution is -2.20. The van der Waals surface area contributed by atoms with Crippen LogP contribution in [0.2, 0.25) is 0 Å². The van der Waals surface area contributed by atoms with Crippen LogP contribution in [0.15, 0.2) is 54.6 Å². The van der Waals surface area contributed by atoms with Gasteiger partial charge >= 0.3 is 5.97 Å². The number of unbranched alkanes of at least 4 members (excludes halogenated alkanes) is 1. The Morgan fingerprint density at radius 1 is 1.16 bits per heavy atom. The summed E-state index contributed by atoms with van der Waals surface area (Å²) in [7, 11) is 0. The SMILES string of the molecule is CC(C)OC(=O)CCCC=CC[C@@H]1[C@@H](C=CC(O)CCc2ccccc2)[C@H](O)C[C@@H]1O. The largest absolute Gasteiger partial charge is 0.463 e. The first-order valence-electron chi connectivity index (χ1n) is 11.5. The molecule has 0 aromatic heterocycles. The topological polar surface area (TPSA) is 87.0 Å². The molecule has 31 heavy (non-hydrogen) atoms. The molecule has 0 radical (unpaired) electrons. The summed E-state index contributed by atoms with van der Waals surface area (Å²) in [6.07, 6.45) is 10.2. The molecule has 0 bridgehead atoms. The number of rotatable bonds is 12. The van der Waals surface area contributed by atoms with Gasteiger partial charge in [-0.2, -0.15) is 0 Å². The van der Waals surface area contributed by atoms with Gasteiger partial charge in [-0.25, -0.2) is 0 Å². The van der Waals surface area contributed by atoms with E-state index in [1.54, 1.807) is 6.08 Å². The minimum atomic E-state index is -0.600. The number of carbonyl (C=O) groups excluding carboxylic acids is 1. The van der Waals surface area contributed by atoms with Gasteiger partial charge < -0.3 is 20.1 Å². The first-order valence-corrected chi connectivity index (χ1v) is 11.5. The van der Waals surface area contributed by atoms with Crippen molar-refractivity contribution >= 4 is 5.97 Å². The molecule has 1 saturated carbocycles. The standard InChI is InChI=1S/C26H38O5/c1-19(2)31-26(30)13-9-4-3-8-12-22-23(25(29)18-24(22)28)17-16-21(27)15-14-20-10-6-5-7-11-20/h3,5-8,10-11,16-17,19,21-25,27-29H,4,9,12-15,18H2,1-2H3/t21?,22-,23-,24+,25-/m1/s1. The molecule has 1 aliphatic carbocycles. The Morgan fingerprint density at radius 3 is 2.61 bits per heavy atom. The minimum absolute atomic E-state index is 0.0743. The van der Waals surface area contributed by atoms with E-state index in [1.807, 2.05) is 62.4 Å². The summed E-state index contributed by atoms with van der Waals surface area (Å²) < 4.78 is 5.11. The number of benzene rings is 1. The molecule has 1 unspecified atom stereocenters. The number of aliphatic hydroxyl groups excluding tert-OH is 3. The Bertz CT molecular complexity index is 697. The van der Waals surface area contributed by atoms with Crippen molar-refractivity contribution in [2.75, 3.05) is 0 Å². The van der Waals surface area contributed by atoms with Crippen LogP contribution >= 0.6 is 0 Å². The third-order valence-corrected chi connectivity index (χ3v) is 5.74. The maximum absolute atomic E-state index is 11.5. The zero-order valence-corrected chi connectivity index (χ0v) is 18.8. The predicted octanol–water partition coefficient (Wildman–Crippen LogP) is 3.96. The highest BCUT2D eigenvalue weighted by Gasteiger charge is 2.39. The Balaban J connectivity index is 1.77. The van der Waals surface area contributed by atoms with E-state index >= 15 is 0 Å². The number of esters is 1. The normalized spacial score (nSPS) is 25.0. The van der Waals surface area contributed by atoms with Crippen LogP contribution in [-0.2, 0) is 16.0 Å². The van der Waals surface area contributed by atoms with E-state index in [0.29, 0.717) is 25.7 Å². The van der Waals surface area contributed by atoms with Crippen LogP contribution in [0.5, 0.6) is 0 Å². The minimum Gasteiger partial charge on any atom is -0.463 e. The van der Waals surface area contributed by atoms with Gasteiger partial charge in [0, 0.05) is 18.8 Å². The zero-order valence-electron chi connectivity index (χ0n) is 18.8. The fourth-order valence-electron chi connectivity index (χ4n) is 4.08. The molecule has 172 valence electrons. The first-order chi connectivity index (χ1) is 14.9. The summed E-state index contributed by atoms with van der Waals surface area (Å²) in [5.41, 5.74) is 1.19. The van der Waals surface area contributed by atoms with Gasteiger partial charge in [-0.15, -0.1) is 0 Å². The molecule has 0 aliphatic heterocycles. The van der Waals surface area contributed by atoms with Crippen molar-refractivity contribution in [1.82, 2.24) is 0 Å². The molecule has 3 N–H and O–H groups in total. The number of ether oxygens (including phenoxy) is 1. The summed E-state index contributed by atoms with van der Waals surface area (Å²) in [6, 6.07) is 10.0. The van der Waals surface area contributed by atoms with E-state index in [9.17, 15) is 20.1 Å². The molecule has 5 heteroatoms. The van der Waals surface area contributed by atoms with Gasteiger partial charge in [0.1, 0.15) is 0 Å². The van der Waals surface area contributed by atoms with Crippen LogP contribution < -0.4 is 0 Å². The average molecular weight is 431 g/mol. The zero-order chi connectivity index (χ0) is 22.6. The fourth-order valence-corrected chi connectivity index (χ4v) is 4.08. The third kappa shape index (κ3) is 9.38. The quantitative estimate of drug-likeness (QED) is 0.265. The number of allylic oxidation sites excluding steroid dienone is 2. The van der Waals surface area contributed by atoms with Crippen molar-refractivity contribution in [3.05, 3.63) is 60.2 Å². The van der Waals surface area contributed by atoms with Crippen LogP contribution in [0.1, 0.15) is 57.9 Å². The fraction of sp³-hybridized carbons (Fsp3) is 0.577. The maximum Gasteiger partial charge on any atom is 0.306 e. The number of aryl methyl sites for hydroxylation is 1. The molecule has 0 saturated heterocycles. The third-order valence-electron chi connectivity index (χ3n) is 5.74. The van der Waals surface area contributed by atoms with Crippen molar-refractivity contribution in [2.24, 2.45) is 11.8 Å². The lowest BCUT2D eigenvalue weighted by Gasteiger charge is -2.19. The Kier molecular flexibility index (Phi) is 11.0. The van der Waals surface area contributed by atoms with Gasteiger partial charge in [0.15, 0.2) is 0 Å². The Hall–Kier alpha value is -1.95. The smallest absolute Gasteiger partial charge is 0.306 e. The van der Waals surface area contributed by atoms with Crippen molar-refractivity contribution in [3.8, 4) is 0 Å². The van der Waals surface area contributed by atoms with Gasteiger partial charge in [0.25, 0.3) is 0 Å². The lowest BCUT2D eigenvalue weighted by molar-refractivity contribution is -0.147. The molecule has 0 heterocycles. The molecule has 1 fully saturated rings. The number of carbonyl (C=O) groups is 1. The van der Waals surface area contributed by atoms with E-state index in [-0.39, 0.29) is 23.9 Å². The van der Waals surface area contributed by atoms with Crippen molar-refractivity contribution in [1.29, 1.82) is 0 Å². The highest BCUT2D eigenvalue weighted by atomic mass is 16.5. The Morgan fingerprint density at radius 2 is 1.90 bits per heavy atom. The number of hydrogen-bond acceptors (Lipinski definition) is 5. The molecule has 0 spiro atoms. The molecule has 0 amide bonds. The van der Waals surface area contributed by atoms with E-state index < -0.39 is 18.3 Å². The van der Waals surface area contributed by atoms with E-state index in [1.165, 1.54) is 5.56 Å². The molecule has 5 atom stereocenters. The highest BCUT2D eigenvalue weighted by molar-refractivity contribution is 5.69. The first kappa shape index (κ1) is 25.3. The summed E-state index contributed by atoms with van der Waals surface area (Å²) >= 11 is 0. The summed E-state index contributed by atoms with van der Waals surface area (Å²) in [6.45, 7) is 3.68. The van der Waals surface area contributed by atoms with Gasteiger partial charge in [0.2, 0.25) is 0 Å². The van der Waals surface area contributed by atoms with Crippen LogP contribution in [-0.4, -0.2) is 45.7 Å². The second-order valence-electron chi connectivity index (χ2n) is 8.73. The number of hydrogen-bond donors (Lipinski definition) is 3. The summed E-state index contributed by atoms with van der Waals surface area (Å²) in [4.78, 5) is 11.5. The molecular formula is C26H38O5. The van der Waals surface area contributed by atoms with Crippen LogP contribution in [0.25, 0.3) is 0 Å². The Labute approximate surface area is 186 Å². The highest BCUT2D eigenvalue weighted by Crippen LogP contribution is 2.36. The van der Waals surface area contributed by atoms with E-state index in [0.717, 1.165) is 19.3 Å². The molecule has 1 aromatic carbocycles. The predicted molar refractivity (Wildman–Crippen MR) is 122 cm³/mol. The van der Waals surface area contributed by atoms with Gasteiger partial charge in [0.05, 0.1) is 24.4 Å². The summed E-state index contributed by atoms with van der Waals surface area (Å²) in [5, 5.41) is 31.0.